The van der Waals surface area contributed by atoms with E-state index >= 15 is 0 Å². The Morgan fingerprint density at radius 1 is 1.08 bits per heavy atom. The number of hydrogen-bond donors (Lipinski definition) is 1. The van der Waals surface area contributed by atoms with Gasteiger partial charge in [0.25, 0.3) is 5.91 Å². The summed E-state index contributed by atoms with van der Waals surface area (Å²) in [6, 6.07) is 15.2. The summed E-state index contributed by atoms with van der Waals surface area (Å²) in [5.41, 5.74) is 2.59. The van der Waals surface area contributed by atoms with E-state index in [9.17, 15) is 4.79 Å². The van der Waals surface area contributed by atoms with E-state index in [1.165, 1.54) is 7.11 Å². The minimum atomic E-state index is -0.210. The Kier molecular flexibility index (Phi) is 5.53. The Bertz CT molecular complexity index is 876. The van der Waals surface area contributed by atoms with Crippen molar-refractivity contribution in [1.29, 1.82) is 0 Å². The van der Waals surface area contributed by atoms with Gasteiger partial charge in [0.2, 0.25) is 0 Å². The van der Waals surface area contributed by atoms with Crippen LogP contribution in [-0.2, 0) is 13.1 Å². The Morgan fingerprint density at radius 3 is 2.62 bits per heavy atom. The first-order valence-electron chi connectivity index (χ1n) is 8.25. The van der Waals surface area contributed by atoms with Crippen LogP contribution in [0.3, 0.4) is 0 Å². The SMILES string of the molecule is COc1cccc(C(=O)NCc2cccc(Cn3cccn3)c2)c1OC. The van der Waals surface area contributed by atoms with E-state index in [0.29, 0.717) is 30.2 Å². The van der Waals surface area contributed by atoms with Crippen LogP contribution in [0.15, 0.2) is 60.9 Å². The molecule has 0 radical (unpaired) electrons. The van der Waals surface area contributed by atoms with Crippen LogP contribution in [0.4, 0.5) is 0 Å². The summed E-state index contributed by atoms with van der Waals surface area (Å²) in [7, 11) is 3.07. The predicted octanol–water partition coefficient (Wildman–Crippen LogP) is 2.88. The molecule has 3 rings (SSSR count). The van der Waals surface area contributed by atoms with Gasteiger partial charge in [-0.1, -0.05) is 30.3 Å². The Morgan fingerprint density at radius 2 is 1.88 bits per heavy atom. The number of para-hydroxylation sites is 1. The van der Waals surface area contributed by atoms with Crippen LogP contribution in [0.1, 0.15) is 21.5 Å². The third-order valence-corrected chi connectivity index (χ3v) is 4.00. The monoisotopic (exact) mass is 351 g/mol. The number of rotatable bonds is 7. The molecule has 0 aliphatic rings. The summed E-state index contributed by atoms with van der Waals surface area (Å²) in [4.78, 5) is 12.5. The van der Waals surface area contributed by atoms with Crippen LogP contribution in [0.2, 0.25) is 0 Å². The molecule has 1 amide bonds. The Balaban J connectivity index is 1.68. The van der Waals surface area contributed by atoms with Gasteiger partial charge in [-0.25, -0.2) is 0 Å². The lowest BCUT2D eigenvalue weighted by Crippen LogP contribution is -2.23. The van der Waals surface area contributed by atoms with E-state index in [-0.39, 0.29) is 5.91 Å². The first-order chi connectivity index (χ1) is 12.7. The predicted molar refractivity (Wildman–Crippen MR) is 98.5 cm³/mol. The van der Waals surface area contributed by atoms with Gasteiger partial charge in [0.05, 0.1) is 26.3 Å². The van der Waals surface area contributed by atoms with E-state index in [1.807, 2.05) is 35.1 Å². The molecule has 0 aliphatic carbocycles. The maximum Gasteiger partial charge on any atom is 0.255 e. The molecule has 6 heteroatoms. The molecular formula is C20H21N3O3. The summed E-state index contributed by atoms with van der Waals surface area (Å²) in [5.74, 6) is 0.750. The summed E-state index contributed by atoms with van der Waals surface area (Å²) in [5, 5.41) is 7.14. The third-order valence-electron chi connectivity index (χ3n) is 4.00. The standard InChI is InChI=1S/C20H21N3O3/c1-25-18-9-4-8-17(19(18)26-2)20(24)21-13-15-6-3-7-16(12-15)14-23-11-5-10-22-23/h3-12H,13-14H2,1-2H3,(H,21,24). The fraction of sp³-hybridized carbons (Fsp3) is 0.200. The van der Waals surface area contributed by atoms with Crippen molar-refractivity contribution in [3.8, 4) is 11.5 Å². The van der Waals surface area contributed by atoms with E-state index < -0.39 is 0 Å². The molecule has 0 bridgehead atoms. The fourth-order valence-electron chi connectivity index (χ4n) is 2.76. The summed E-state index contributed by atoms with van der Waals surface area (Å²) in [6.07, 6.45) is 3.68. The van der Waals surface area contributed by atoms with Crippen LogP contribution in [-0.4, -0.2) is 29.9 Å². The molecule has 26 heavy (non-hydrogen) atoms. The molecule has 1 aromatic heterocycles. The van der Waals surface area contributed by atoms with Gasteiger partial charge >= 0.3 is 0 Å². The lowest BCUT2D eigenvalue weighted by atomic mass is 10.1. The van der Waals surface area contributed by atoms with E-state index in [2.05, 4.69) is 16.5 Å². The number of nitrogens with zero attached hydrogens (tertiary/aromatic N) is 2. The molecule has 0 aliphatic heterocycles. The van der Waals surface area contributed by atoms with Crippen LogP contribution in [0.25, 0.3) is 0 Å². The Labute approximate surface area is 152 Å². The molecule has 134 valence electrons. The highest BCUT2D eigenvalue weighted by Crippen LogP contribution is 2.30. The Hall–Kier alpha value is -3.28. The van der Waals surface area contributed by atoms with Gasteiger partial charge in [0.15, 0.2) is 11.5 Å². The first kappa shape index (κ1) is 17.5. The van der Waals surface area contributed by atoms with Gasteiger partial charge in [0.1, 0.15) is 0 Å². The number of hydrogen-bond acceptors (Lipinski definition) is 4. The topological polar surface area (TPSA) is 65.4 Å². The van der Waals surface area contributed by atoms with Gasteiger partial charge in [-0.2, -0.15) is 5.10 Å². The molecule has 3 aromatic rings. The molecule has 0 spiro atoms. The number of benzene rings is 2. The molecule has 0 fully saturated rings. The summed E-state index contributed by atoms with van der Waals surface area (Å²) >= 11 is 0. The average Bonchev–Trinajstić information content (AvgIpc) is 3.18. The minimum absolute atomic E-state index is 0.210. The van der Waals surface area contributed by atoms with Crippen molar-refractivity contribution >= 4 is 5.91 Å². The molecule has 0 atom stereocenters. The number of methoxy groups -OCH3 is 2. The molecule has 1 N–H and O–H groups in total. The largest absolute Gasteiger partial charge is 0.493 e. The smallest absolute Gasteiger partial charge is 0.255 e. The lowest BCUT2D eigenvalue weighted by Gasteiger charge is -2.13. The highest BCUT2D eigenvalue weighted by molar-refractivity contribution is 5.97. The average molecular weight is 351 g/mol. The second-order valence-electron chi connectivity index (χ2n) is 5.75. The first-order valence-corrected chi connectivity index (χ1v) is 8.25. The number of carbonyl (C=O) groups is 1. The van der Waals surface area contributed by atoms with Crippen molar-refractivity contribution in [3.05, 3.63) is 77.6 Å². The number of amides is 1. The molecule has 0 saturated carbocycles. The number of ether oxygens (including phenoxy) is 2. The zero-order chi connectivity index (χ0) is 18.4. The molecule has 6 nitrogen and oxygen atoms in total. The van der Waals surface area contributed by atoms with Crippen molar-refractivity contribution < 1.29 is 14.3 Å². The quantitative estimate of drug-likeness (QED) is 0.711. The van der Waals surface area contributed by atoms with Crippen LogP contribution in [0, 0.1) is 0 Å². The highest BCUT2D eigenvalue weighted by atomic mass is 16.5. The number of nitrogens with one attached hydrogen (secondary N) is 1. The number of aromatic nitrogens is 2. The zero-order valence-electron chi connectivity index (χ0n) is 14.8. The van der Waals surface area contributed by atoms with Crippen molar-refractivity contribution in [1.82, 2.24) is 15.1 Å². The third kappa shape index (κ3) is 4.03. The van der Waals surface area contributed by atoms with Crippen LogP contribution < -0.4 is 14.8 Å². The van der Waals surface area contributed by atoms with Gasteiger partial charge in [-0.15, -0.1) is 0 Å². The lowest BCUT2D eigenvalue weighted by molar-refractivity contribution is 0.0947. The van der Waals surface area contributed by atoms with E-state index in [1.54, 1.807) is 31.5 Å². The molecule has 0 saturated heterocycles. The second-order valence-corrected chi connectivity index (χ2v) is 5.75. The zero-order valence-corrected chi connectivity index (χ0v) is 14.8. The van der Waals surface area contributed by atoms with Crippen molar-refractivity contribution in [2.75, 3.05) is 14.2 Å². The maximum atomic E-state index is 12.5. The second kappa shape index (κ2) is 8.20. The van der Waals surface area contributed by atoms with Crippen LogP contribution in [0.5, 0.6) is 11.5 Å². The maximum absolute atomic E-state index is 12.5. The highest BCUT2D eigenvalue weighted by Gasteiger charge is 2.16. The number of carbonyl (C=O) groups excluding carboxylic acids is 1. The van der Waals surface area contributed by atoms with E-state index in [0.717, 1.165) is 11.1 Å². The van der Waals surface area contributed by atoms with Crippen molar-refractivity contribution in [2.45, 2.75) is 13.1 Å². The van der Waals surface area contributed by atoms with Crippen LogP contribution >= 0.6 is 0 Å². The van der Waals surface area contributed by atoms with Crippen molar-refractivity contribution in [3.63, 3.8) is 0 Å². The fourth-order valence-corrected chi connectivity index (χ4v) is 2.76. The molecule has 1 heterocycles. The van der Waals surface area contributed by atoms with Gasteiger partial charge in [-0.05, 0) is 29.3 Å². The molecular weight excluding hydrogens is 330 g/mol. The molecule has 0 unspecified atom stereocenters. The minimum Gasteiger partial charge on any atom is -0.493 e. The normalized spacial score (nSPS) is 10.4. The molecule has 2 aromatic carbocycles. The summed E-state index contributed by atoms with van der Waals surface area (Å²) < 4.78 is 12.4. The van der Waals surface area contributed by atoms with Gasteiger partial charge in [-0.3, -0.25) is 9.48 Å². The van der Waals surface area contributed by atoms with Gasteiger partial charge in [0, 0.05) is 18.9 Å². The summed E-state index contributed by atoms with van der Waals surface area (Å²) in [6.45, 7) is 1.12. The van der Waals surface area contributed by atoms with E-state index in [4.69, 9.17) is 9.47 Å². The van der Waals surface area contributed by atoms with Gasteiger partial charge < -0.3 is 14.8 Å². The van der Waals surface area contributed by atoms with Crippen molar-refractivity contribution in [2.24, 2.45) is 0 Å².